The largest absolute Gasteiger partial charge is 0.298 e. The van der Waals surface area contributed by atoms with Gasteiger partial charge in [0.2, 0.25) is 0 Å². The van der Waals surface area contributed by atoms with E-state index < -0.39 is 11.6 Å². The third kappa shape index (κ3) is 2.34. The van der Waals surface area contributed by atoms with E-state index in [1.807, 2.05) is 0 Å². The van der Waals surface area contributed by atoms with Gasteiger partial charge in [0.25, 0.3) is 0 Å². The highest BCUT2D eigenvalue weighted by atomic mass is 35.5. The van der Waals surface area contributed by atoms with Gasteiger partial charge in [0, 0.05) is 5.56 Å². The molecule has 0 N–H and O–H groups in total. The summed E-state index contributed by atoms with van der Waals surface area (Å²) in [5, 5.41) is 0.197. The van der Waals surface area contributed by atoms with E-state index in [0.29, 0.717) is 17.4 Å². The topological polar surface area (TPSA) is 17.1 Å². The Labute approximate surface area is 102 Å². The molecule has 0 saturated heterocycles. The van der Waals surface area contributed by atoms with Crippen molar-refractivity contribution in [2.24, 2.45) is 0 Å². The van der Waals surface area contributed by atoms with Crippen LogP contribution in [-0.4, -0.2) is 6.29 Å². The second-order valence-electron chi connectivity index (χ2n) is 3.48. The van der Waals surface area contributed by atoms with E-state index in [1.165, 1.54) is 24.3 Å². The molecule has 0 atom stereocenters. The molecule has 0 radical (unpaired) electrons. The van der Waals surface area contributed by atoms with E-state index in [0.717, 1.165) is 6.07 Å². The first kappa shape index (κ1) is 11.7. The fourth-order valence-electron chi connectivity index (χ4n) is 1.51. The highest BCUT2D eigenvalue weighted by Crippen LogP contribution is 2.29. The standard InChI is InChI=1S/C13H7ClF2O/c14-12-6-10(15)3-4-11(12)8-1-2-9(7-17)13(16)5-8/h1-7H. The first-order valence-corrected chi connectivity index (χ1v) is 5.20. The van der Waals surface area contributed by atoms with Crippen LogP contribution in [0.2, 0.25) is 5.02 Å². The number of hydrogen-bond donors (Lipinski definition) is 0. The summed E-state index contributed by atoms with van der Waals surface area (Å²) in [6, 6.07) is 7.98. The predicted molar refractivity (Wildman–Crippen MR) is 62.2 cm³/mol. The van der Waals surface area contributed by atoms with Crippen molar-refractivity contribution in [3.63, 3.8) is 0 Å². The van der Waals surface area contributed by atoms with Crippen molar-refractivity contribution < 1.29 is 13.6 Å². The van der Waals surface area contributed by atoms with E-state index in [9.17, 15) is 13.6 Å². The minimum atomic E-state index is -0.627. The summed E-state index contributed by atoms with van der Waals surface area (Å²) >= 11 is 5.86. The lowest BCUT2D eigenvalue weighted by atomic mass is 10.0. The highest BCUT2D eigenvalue weighted by molar-refractivity contribution is 6.33. The van der Waals surface area contributed by atoms with Crippen LogP contribution >= 0.6 is 11.6 Å². The maximum atomic E-state index is 13.4. The molecule has 0 fully saturated rings. The molecule has 0 spiro atoms. The van der Waals surface area contributed by atoms with Crippen molar-refractivity contribution in [1.29, 1.82) is 0 Å². The van der Waals surface area contributed by atoms with E-state index in [4.69, 9.17) is 11.6 Å². The Bertz CT molecular complexity index is 582. The number of halogens is 3. The number of rotatable bonds is 2. The Hall–Kier alpha value is -1.74. The number of hydrogen-bond acceptors (Lipinski definition) is 1. The van der Waals surface area contributed by atoms with Crippen molar-refractivity contribution in [2.45, 2.75) is 0 Å². The van der Waals surface area contributed by atoms with Gasteiger partial charge in [-0.15, -0.1) is 0 Å². The Morgan fingerprint density at radius 3 is 2.41 bits per heavy atom. The van der Waals surface area contributed by atoms with Gasteiger partial charge in [0.05, 0.1) is 10.6 Å². The number of carbonyl (C=O) groups is 1. The van der Waals surface area contributed by atoms with Gasteiger partial charge in [0.1, 0.15) is 11.6 Å². The quantitative estimate of drug-likeness (QED) is 0.736. The molecule has 0 aliphatic carbocycles. The van der Waals surface area contributed by atoms with Gasteiger partial charge in [-0.2, -0.15) is 0 Å². The van der Waals surface area contributed by atoms with Crippen LogP contribution in [0.15, 0.2) is 36.4 Å². The Morgan fingerprint density at radius 2 is 1.82 bits per heavy atom. The molecule has 0 aliphatic heterocycles. The third-order valence-corrected chi connectivity index (χ3v) is 2.68. The second-order valence-corrected chi connectivity index (χ2v) is 3.89. The zero-order chi connectivity index (χ0) is 12.4. The molecule has 0 saturated carbocycles. The van der Waals surface area contributed by atoms with Gasteiger partial charge in [-0.05, 0) is 35.9 Å². The lowest BCUT2D eigenvalue weighted by Crippen LogP contribution is -1.89. The predicted octanol–water partition coefficient (Wildman–Crippen LogP) is 4.10. The van der Waals surface area contributed by atoms with Crippen molar-refractivity contribution >= 4 is 17.9 Å². The molecular formula is C13H7ClF2O. The van der Waals surface area contributed by atoms with Gasteiger partial charge in [-0.25, -0.2) is 8.78 Å². The van der Waals surface area contributed by atoms with Gasteiger partial charge < -0.3 is 0 Å². The molecule has 2 aromatic rings. The van der Waals surface area contributed by atoms with Gasteiger partial charge in [0.15, 0.2) is 6.29 Å². The molecule has 17 heavy (non-hydrogen) atoms. The smallest absolute Gasteiger partial charge is 0.152 e. The van der Waals surface area contributed by atoms with Crippen LogP contribution < -0.4 is 0 Å². The minimum absolute atomic E-state index is 0.0213. The fourth-order valence-corrected chi connectivity index (χ4v) is 1.79. The Balaban J connectivity index is 2.53. The van der Waals surface area contributed by atoms with E-state index in [1.54, 1.807) is 6.07 Å². The monoisotopic (exact) mass is 252 g/mol. The molecule has 2 rings (SSSR count). The minimum Gasteiger partial charge on any atom is -0.298 e. The molecule has 0 bridgehead atoms. The summed E-state index contributed by atoms with van der Waals surface area (Å²) in [7, 11) is 0. The van der Waals surface area contributed by atoms with Crippen LogP contribution in [0.5, 0.6) is 0 Å². The van der Waals surface area contributed by atoms with Gasteiger partial charge in [-0.1, -0.05) is 17.7 Å². The molecular weight excluding hydrogens is 246 g/mol. The summed E-state index contributed by atoms with van der Waals surface area (Å²) in [6.45, 7) is 0. The third-order valence-electron chi connectivity index (χ3n) is 2.37. The lowest BCUT2D eigenvalue weighted by molar-refractivity contribution is 0.112. The molecule has 86 valence electrons. The molecule has 0 amide bonds. The van der Waals surface area contributed by atoms with E-state index in [-0.39, 0.29) is 10.6 Å². The summed E-state index contributed by atoms with van der Waals surface area (Å²) in [5.74, 6) is -1.08. The molecule has 0 aliphatic rings. The zero-order valence-electron chi connectivity index (χ0n) is 8.58. The van der Waals surface area contributed by atoms with Crippen LogP contribution in [0.3, 0.4) is 0 Å². The molecule has 4 heteroatoms. The summed E-state index contributed by atoms with van der Waals surface area (Å²) < 4.78 is 26.3. The van der Waals surface area contributed by atoms with E-state index >= 15 is 0 Å². The van der Waals surface area contributed by atoms with Crippen molar-refractivity contribution in [3.05, 3.63) is 58.6 Å². The summed E-state index contributed by atoms with van der Waals surface area (Å²) in [5.41, 5.74) is 0.995. The zero-order valence-corrected chi connectivity index (χ0v) is 9.34. The number of aldehydes is 1. The first-order chi connectivity index (χ1) is 8.11. The van der Waals surface area contributed by atoms with Crippen molar-refractivity contribution in [3.8, 4) is 11.1 Å². The molecule has 2 aromatic carbocycles. The average molecular weight is 253 g/mol. The SMILES string of the molecule is O=Cc1ccc(-c2ccc(F)cc2Cl)cc1F. The Kier molecular flexibility index (Phi) is 3.20. The van der Waals surface area contributed by atoms with Crippen LogP contribution in [-0.2, 0) is 0 Å². The maximum Gasteiger partial charge on any atom is 0.152 e. The van der Waals surface area contributed by atoms with Crippen LogP contribution in [0, 0.1) is 11.6 Å². The number of benzene rings is 2. The van der Waals surface area contributed by atoms with Crippen molar-refractivity contribution in [1.82, 2.24) is 0 Å². The highest BCUT2D eigenvalue weighted by Gasteiger charge is 2.08. The second kappa shape index (κ2) is 4.63. The molecule has 0 unspecified atom stereocenters. The summed E-state index contributed by atoms with van der Waals surface area (Å²) in [6.07, 6.45) is 0.436. The van der Waals surface area contributed by atoms with Gasteiger partial charge >= 0.3 is 0 Å². The lowest BCUT2D eigenvalue weighted by Gasteiger charge is -2.05. The molecule has 0 heterocycles. The fraction of sp³-hybridized carbons (Fsp3) is 0. The van der Waals surface area contributed by atoms with Crippen LogP contribution in [0.25, 0.3) is 11.1 Å². The molecule has 0 aromatic heterocycles. The molecule has 1 nitrogen and oxygen atoms in total. The van der Waals surface area contributed by atoms with Gasteiger partial charge in [-0.3, -0.25) is 4.79 Å². The van der Waals surface area contributed by atoms with Crippen LogP contribution in [0.1, 0.15) is 10.4 Å². The first-order valence-electron chi connectivity index (χ1n) is 4.82. The summed E-state index contributed by atoms with van der Waals surface area (Å²) in [4.78, 5) is 10.5. The van der Waals surface area contributed by atoms with E-state index in [2.05, 4.69) is 0 Å². The Morgan fingerprint density at radius 1 is 1.06 bits per heavy atom. The maximum absolute atomic E-state index is 13.4. The number of carbonyl (C=O) groups excluding carboxylic acids is 1. The normalized spacial score (nSPS) is 10.3. The van der Waals surface area contributed by atoms with Crippen molar-refractivity contribution in [2.75, 3.05) is 0 Å². The average Bonchev–Trinajstić information content (AvgIpc) is 2.29. The van der Waals surface area contributed by atoms with Crippen LogP contribution in [0.4, 0.5) is 8.78 Å².